The highest BCUT2D eigenvalue weighted by molar-refractivity contribution is 7.89. The summed E-state index contributed by atoms with van der Waals surface area (Å²) >= 11 is 0. The number of ether oxygens (including phenoxy) is 2. The lowest BCUT2D eigenvalue weighted by atomic mass is 10.1. The van der Waals surface area contributed by atoms with Crippen LogP contribution in [0.1, 0.15) is 56.0 Å². The van der Waals surface area contributed by atoms with Crippen molar-refractivity contribution in [3.63, 3.8) is 0 Å². The minimum absolute atomic E-state index is 0.0210. The number of Topliss-reactive ketones (excluding diaryl/α,β-unsaturated/α-hetero) is 1. The molecule has 0 aliphatic carbocycles. The number of nitrogens with zero attached hydrogens (tertiary/aromatic N) is 2. The molecule has 2 aliphatic heterocycles. The topological polar surface area (TPSA) is 206 Å². The summed E-state index contributed by atoms with van der Waals surface area (Å²) in [5.74, 6) is -0.382. The van der Waals surface area contributed by atoms with Gasteiger partial charge in [-0.1, -0.05) is 37.1 Å². The number of carbonyl (C=O) groups excluding carboxylic acids is 3. The van der Waals surface area contributed by atoms with Crippen molar-refractivity contribution in [1.29, 1.82) is 0 Å². The number of hydrogen-bond acceptors (Lipinski definition) is 12. The van der Waals surface area contributed by atoms with E-state index in [9.17, 15) is 31.2 Å². The average Bonchev–Trinajstić information content (AvgIpc) is 3.59. The first kappa shape index (κ1) is 39.4. The third-order valence-electron chi connectivity index (χ3n) is 8.97. The molecule has 16 nitrogen and oxygen atoms in total. The number of rotatable bonds is 17. The Kier molecular flexibility index (Phi) is 13.9. The van der Waals surface area contributed by atoms with Crippen molar-refractivity contribution in [2.24, 2.45) is 0 Å². The molecule has 5 rings (SSSR count). The lowest BCUT2D eigenvalue weighted by Gasteiger charge is -2.25. The molecule has 3 aromatic rings. The van der Waals surface area contributed by atoms with Crippen molar-refractivity contribution in [3.8, 4) is 11.5 Å². The van der Waals surface area contributed by atoms with Crippen LogP contribution in [0.25, 0.3) is 21.7 Å². The summed E-state index contributed by atoms with van der Waals surface area (Å²) in [5, 5.41) is 12.4. The zero-order chi connectivity index (χ0) is 37.1. The fourth-order valence-corrected chi connectivity index (χ4v) is 9.17. The SMILES string of the molecule is CC(=O)c1cc2c(OC(=O)NCCNCCS(=O)(=O)N3CCCCC3)c3ccccc3c(OC(=O)NCCNCCS(=O)(=O)N3CCCCC3)c2o1. The van der Waals surface area contributed by atoms with Crippen LogP contribution in [-0.2, 0) is 20.0 Å². The van der Waals surface area contributed by atoms with Gasteiger partial charge in [0.2, 0.25) is 20.0 Å². The summed E-state index contributed by atoms with van der Waals surface area (Å²) in [6.45, 7) is 4.88. The Morgan fingerprint density at radius 2 is 1.12 bits per heavy atom. The zero-order valence-corrected chi connectivity index (χ0v) is 31.0. The van der Waals surface area contributed by atoms with Crippen LogP contribution in [0, 0.1) is 0 Å². The van der Waals surface area contributed by atoms with E-state index in [-0.39, 0.29) is 65.9 Å². The Hall–Kier alpha value is -3.81. The molecular formula is C34H48N6O10S2. The highest BCUT2D eigenvalue weighted by Crippen LogP contribution is 2.44. The van der Waals surface area contributed by atoms with Gasteiger partial charge in [-0.25, -0.2) is 35.0 Å². The lowest BCUT2D eigenvalue weighted by Crippen LogP contribution is -2.40. The van der Waals surface area contributed by atoms with Gasteiger partial charge >= 0.3 is 12.2 Å². The Labute approximate surface area is 304 Å². The van der Waals surface area contributed by atoms with Crippen molar-refractivity contribution in [3.05, 3.63) is 36.1 Å². The van der Waals surface area contributed by atoms with Gasteiger partial charge in [-0.2, -0.15) is 0 Å². The van der Waals surface area contributed by atoms with Gasteiger partial charge in [0.05, 0.1) is 16.9 Å². The molecule has 52 heavy (non-hydrogen) atoms. The van der Waals surface area contributed by atoms with E-state index in [0.717, 1.165) is 38.5 Å². The van der Waals surface area contributed by atoms with Crippen LogP contribution in [-0.4, -0.2) is 120 Å². The second-order valence-corrected chi connectivity index (χ2v) is 17.0. The van der Waals surface area contributed by atoms with Gasteiger partial charge in [-0.3, -0.25) is 4.79 Å². The van der Waals surface area contributed by atoms with E-state index in [4.69, 9.17) is 13.9 Å². The van der Waals surface area contributed by atoms with Gasteiger partial charge in [-0.15, -0.1) is 0 Å². The van der Waals surface area contributed by atoms with E-state index in [1.54, 1.807) is 24.3 Å². The van der Waals surface area contributed by atoms with Gasteiger partial charge in [0.1, 0.15) is 0 Å². The number of nitrogens with one attached hydrogen (secondary N) is 4. The minimum atomic E-state index is -3.33. The number of hydrogen-bond donors (Lipinski definition) is 4. The average molecular weight is 765 g/mol. The molecule has 0 unspecified atom stereocenters. The summed E-state index contributed by atoms with van der Waals surface area (Å²) < 4.78 is 70.5. The lowest BCUT2D eigenvalue weighted by molar-refractivity contribution is 0.0989. The molecule has 0 atom stereocenters. The number of ketones is 1. The van der Waals surface area contributed by atoms with Crippen LogP contribution in [0.3, 0.4) is 0 Å². The predicted molar refractivity (Wildman–Crippen MR) is 196 cm³/mol. The smallest absolute Gasteiger partial charge is 0.412 e. The van der Waals surface area contributed by atoms with Gasteiger partial charge in [0.15, 0.2) is 28.6 Å². The molecule has 1 aromatic heterocycles. The maximum Gasteiger partial charge on any atom is 0.412 e. The third-order valence-corrected chi connectivity index (χ3v) is 12.7. The molecule has 2 saturated heterocycles. The molecule has 2 aromatic carbocycles. The number of piperidine rings is 2. The molecule has 286 valence electrons. The maximum atomic E-state index is 12.9. The first-order valence-corrected chi connectivity index (χ1v) is 21.0. The number of furan rings is 1. The van der Waals surface area contributed by atoms with Gasteiger partial charge in [0, 0.05) is 83.1 Å². The number of sulfonamides is 2. The monoisotopic (exact) mass is 764 g/mol. The van der Waals surface area contributed by atoms with E-state index in [0.29, 0.717) is 50.0 Å². The molecule has 0 spiro atoms. The second kappa shape index (κ2) is 18.3. The van der Waals surface area contributed by atoms with E-state index < -0.39 is 38.0 Å². The van der Waals surface area contributed by atoms with Crippen molar-refractivity contribution in [2.75, 3.05) is 77.0 Å². The fourth-order valence-electron chi connectivity index (χ4n) is 6.22. The summed E-state index contributed by atoms with van der Waals surface area (Å²) in [6.07, 6.45) is 3.96. The normalized spacial score (nSPS) is 16.2. The Morgan fingerprint density at radius 1 is 0.654 bits per heavy atom. The first-order chi connectivity index (χ1) is 25.0. The van der Waals surface area contributed by atoms with E-state index in [2.05, 4.69) is 21.3 Å². The zero-order valence-electron chi connectivity index (χ0n) is 29.4. The molecule has 2 fully saturated rings. The van der Waals surface area contributed by atoms with Crippen molar-refractivity contribution >= 4 is 59.8 Å². The van der Waals surface area contributed by atoms with E-state index in [1.165, 1.54) is 21.6 Å². The van der Waals surface area contributed by atoms with Gasteiger partial charge < -0.3 is 35.2 Å². The molecule has 3 heterocycles. The van der Waals surface area contributed by atoms with E-state index >= 15 is 0 Å². The summed E-state index contributed by atoms with van der Waals surface area (Å²) in [5.41, 5.74) is 0.0273. The quantitative estimate of drug-likeness (QED) is 0.116. The predicted octanol–water partition coefficient (Wildman–Crippen LogP) is 2.78. The van der Waals surface area contributed by atoms with Crippen molar-refractivity contribution in [2.45, 2.75) is 45.4 Å². The molecule has 4 N–H and O–H groups in total. The number of benzene rings is 2. The van der Waals surface area contributed by atoms with Crippen LogP contribution in [0.4, 0.5) is 9.59 Å². The summed E-state index contributed by atoms with van der Waals surface area (Å²) in [6, 6.07) is 8.17. The summed E-state index contributed by atoms with van der Waals surface area (Å²) in [4.78, 5) is 38.2. The second-order valence-electron chi connectivity index (χ2n) is 12.8. The van der Waals surface area contributed by atoms with Gasteiger partial charge in [0.25, 0.3) is 0 Å². The highest BCUT2D eigenvalue weighted by atomic mass is 32.2. The highest BCUT2D eigenvalue weighted by Gasteiger charge is 2.26. The van der Waals surface area contributed by atoms with Crippen molar-refractivity contribution < 1.29 is 45.1 Å². The first-order valence-electron chi connectivity index (χ1n) is 17.7. The Morgan fingerprint density at radius 3 is 1.60 bits per heavy atom. The number of carbonyl (C=O) groups is 3. The standard InChI is InChI=1S/C34H48N6O10S2/c1-25(41)29-24-28-30(49-33(42)37-14-12-35-16-22-51(44,45)39-18-6-2-7-19-39)26-10-4-5-11-27(26)31(32(28)48-29)50-34(43)38-15-13-36-17-23-52(46,47)40-20-8-3-9-21-40/h4-5,10-11,24,35-36H,2-3,6-9,12-23H2,1H3,(H,37,42)(H,38,43). The van der Waals surface area contributed by atoms with Crippen LogP contribution >= 0.6 is 0 Å². The largest absolute Gasteiger partial charge is 0.449 e. The van der Waals surface area contributed by atoms with Crippen LogP contribution in [0.15, 0.2) is 34.7 Å². The summed E-state index contributed by atoms with van der Waals surface area (Å²) in [7, 11) is -6.67. The van der Waals surface area contributed by atoms with Crippen LogP contribution < -0.4 is 30.7 Å². The van der Waals surface area contributed by atoms with E-state index in [1.807, 2.05) is 0 Å². The number of amides is 2. The molecule has 0 saturated carbocycles. The molecule has 0 radical (unpaired) electrons. The maximum absolute atomic E-state index is 12.9. The number of fused-ring (bicyclic) bond motifs is 2. The molecule has 0 bridgehead atoms. The Bertz CT molecular complexity index is 1810. The molecule has 2 aliphatic rings. The fraction of sp³-hybridized carbons (Fsp3) is 0.559. The molecular weight excluding hydrogens is 717 g/mol. The van der Waals surface area contributed by atoms with Crippen LogP contribution in [0.5, 0.6) is 11.5 Å². The minimum Gasteiger partial charge on any atom is -0.449 e. The van der Waals surface area contributed by atoms with Crippen LogP contribution in [0.2, 0.25) is 0 Å². The molecule has 2 amide bonds. The molecule has 18 heteroatoms. The Balaban J connectivity index is 1.17. The van der Waals surface area contributed by atoms with Crippen molar-refractivity contribution in [1.82, 2.24) is 29.9 Å². The van der Waals surface area contributed by atoms with Gasteiger partial charge in [-0.05, 0) is 31.7 Å². The third kappa shape index (κ3) is 10.4.